The van der Waals surface area contributed by atoms with Crippen LogP contribution < -0.4 is 16.2 Å². The van der Waals surface area contributed by atoms with E-state index >= 15 is 0 Å². The first-order valence-corrected chi connectivity index (χ1v) is 12.6. The molecule has 0 bridgehead atoms. The number of nitrogens with zero attached hydrogens (tertiary/aromatic N) is 2. The number of aromatic nitrogens is 2. The molecule has 3 aromatic carbocycles. The lowest BCUT2D eigenvalue weighted by molar-refractivity contribution is -0.115. The first kappa shape index (κ1) is 25.3. The third-order valence-corrected chi connectivity index (χ3v) is 6.87. The molecule has 36 heavy (non-hydrogen) atoms. The summed E-state index contributed by atoms with van der Waals surface area (Å²) >= 11 is 7.22. The number of rotatable bonds is 8. The van der Waals surface area contributed by atoms with Crippen molar-refractivity contribution in [3.8, 4) is 5.69 Å². The van der Waals surface area contributed by atoms with E-state index in [0.29, 0.717) is 16.4 Å². The van der Waals surface area contributed by atoms with Gasteiger partial charge in [0.2, 0.25) is 11.8 Å². The maximum absolute atomic E-state index is 13.0. The molecule has 0 aliphatic carbocycles. The summed E-state index contributed by atoms with van der Waals surface area (Å²) in [6, 6.07) is 23.7. The smallest absolute Gasteiger partial charge is 0.295 e. The predicted molar refractivity (Wildman–Crippen MR) is 145 cm³/mol. The number of hydrogen-bond donors (Lipinski definition) is 2. The summed E-state index contributed by atoms with van der Waals surface area (Å²) in [5.74, 6) is -0.260. The van der Waals surface area contributed by atoms with E-state index in [2.05, 4.69) is 10.6 Å². The quantitative estimate of drug-likeness (QED) is 0.318. The largest absolute Gasteiger partial charge is 0.326 e. The minimum atomic E-state index is -0.279. The summed E-state index contributed by atoms with van der Waals surface area (Å²) in [7, 11) is 1.78. The Morgan fingerprint density at radius 3 is 2.22 bits per heavy atom. The van der Waals surface area contributed by atoms with Crippen molar-refractivity contribution >= 4 is 46.6 Å². The van der Waals surface area contributed by atoms with Crippen molar-refractivity contribution in [1.29, 1.82) is 0 Å². The molecule has 0 saturated carbocycles. The minimum absolute atomic E-state index is 0.128. The normalized spacial score (nSPS) is 10.8. The number of benzene rings is 3. The van der Waals surface area contributed by atoms with E-state index < -0.39 is 0 Å². The molecule has 9 heteroatoms. The monoisotopic (exact) mass is 520 g/mol. The number of thioether (sulfide) groups is 1. The zero-order valence-corrected chi connectivity index (χ0v) is 21.4. The van der Waals surface area contributed by atoms with E-state index in [0.717, 1.165) is 16.1 Å². The molecule has 184 valence electrons. The predicted octanol–water partition coefficient (Wildman–Crippen LogP) is 5.05. The third kappa shape index (κ3) is 6.08. The average molecular weight is 521 g/mol. The van der Waals surface area contributed by atoms with Gasteiger partial charge in [0.05, 0.1) is 23.6 Å². The maximum Gasteiger partial charge on any atom is 0.295 e. The van der Waals surface area contributed by atoms with Crippen molar-refractivity contribution in [3.63, 3.8) is 0 Å². The van der Waals surface area contributed by atoms with Crippen molar-refractivity contribution in [2.45, 2.75) is 18.2 Å². The summed E-state index contributed by atoms with van der Waals surface area (Å²) in [4.78, 5) is 38.7. The van der Waals surface area contributed by atoms with Crippen molar-refractivity contribution in [3.05, 3.63) is 105 Å². The van der Waals surface area contributed by atoms with Crippen molar-refractivity contribution < 1.29 is 9.59 Å². The van der Waals surface area contributed by atoms with E-state index in [1.807, 2.05) is 54.6 Å². The Morgan fingerprint density at radius 1 is 0.889 bits per heavy atom. The van der Waals surface area contributed by atoms with Crippen molar-refractivity contribution in [2.75, 3.05) is 16.4 Å². The summed E-state index contributed by atoms with van der Waals surface area (Å²) in [6.07, 6.45) is 0.249. The summed E-state index contributed by atoms with van der Waals surface area (Å²) in [5.41, 5.74) is 2.93. The lowest BCUT2D eigenvalue weighted by Gasteiger charge is -2.07. The van der Waals surface area contributed by atoms with Gasteiger partial charge in [-0.2, -0.15) is 0 Å². The lowest BCUT2D eigenvalue weighted by Crippen LogP contribution is -2.23. The topological polar surface area (TPSA) is 85.1 Å². The van der Waals surface area contributed by atoms with Gasteiger partial charge in [-0.25, -0.2) is 4.68 Å². The van der Waals surface area contributed by atoms with Crippen LogP contribution in [0, 0.1) is 6.92 Å². The van der Waals surface area contributed by atoms with Gasteiger partial charge >= 0.3 is 0 Å². The number of carbonyl (C=O) groups is 2. The molecule has 0 unspecified atom stereocenters. The highest BCUT2D eigenvalue weighted by molar-refractivity contribution is 8.00. The number of para-hydroxylation sites is 1. The van der Waals surface area contributed by atoms with E-state index in [4.69, 9.17) is 11.6 Å². The summed E-state index contributed by atoms with van der Waals surface area (Å²) in [5, 5.41) is 6.26. The number of hydrogen-bond acceptors (Lipinski definition) is 4. The maximum atomic E-state index is 13.0. The molecule has 0 fully saturated rings. The van der Waals surface area contributed by atoms with Crippen LogP contribution in [0.25, 0.3) is 5.69 Å². The fraction of sp³-hybridized carbons (Fsp3) is 0.148. The molecular weight excluding hydrogens is 496 g/mol. The Kier molecular flexibility index (Phi) is 7.97. The molecule has 1 aromatic heterocycles. The van der Waals surface area contributed by atoms with Gasteiger partial charge in [0, 0.05) is 22.7 Å². The number of amides is 2. The molecule has 2 amide bonds. The molecule has 4 aromatic rings. The van der Waals surface area contributed by atoms with Crippen LogP contribution in [0.5, 0.6) is 0 Å². The molecular formula is C27H25ClN4O3S. The molecule has 2 N–H and O–H groups in total. The Morgan fingerprint density at radius 2 is 1.56 bits per heavy atom. The fourth-order valence-corrected chi connectivity index (χ4v) is 4.49. The van der Waals surface area contributed by atoms with Gasteiger partial charge in [-0.1, -0.05) is 41.9 Å². The molecule has 0 aliphatic rings. The zero-order chi connectivity index (χ0) is 25.7. The van der Waals surface area contributed by atoms with Gasteiger partial charge in [0.15, 0.2) is 0 Å². The number of nitrogens with one attached hydrogen (secondary N) is 2. The van der Waals surface area contributed by atoms with Gasteiger partial charge in [-0.3, -0.25) is 19.1 Å². The van der Waals surface area contributed by atoms with Crippen molar-refractivity contribution in [2.24, 2.45) is 7.05 Å². The van der Waals surface area contributed by atoms with Crippen LogP contribution in [0.1, 0.15) is 11.3 Å². The highest BCUT2D eigenvalue weighted by Gasteiger charge is 2.18. The Hall–Kier alpha value is -3.75. The number of anilines is 2. The Bertz CT molecular complexity index is 1430. The van der Waals surface area contributed by atoms with Crippen LogP contribution in [-0.2, 0) is 23.1 Å². The summed E-state index contributed by atoms with van der Waals surface area (Å²) < 4.78 is 3.25. The molecule has 0 saturated heterocycles. The fourth-order valence-electron chi connectivity index (χ4n) is 3.66. The molecule has 0 atom stereocenters. The first-order chi connectivity index (χ1) is 17.3. The lowest BCUT2D eigenvalue weighted by atomic mass is 10.1. The third-order valence-electron chi connectivity index (χ3n) is 5.60. The standard InChI is InChI=1S/C27H25ClN4O3S/c1-18-26(27(35)32(31(18)2)22-6-4-3-5-7-22)30-25(34)17-36-23-14-12-21(13-15-23)29-24(33)16-19-8-10-20(28)11-9-19/h3-15H,16-17H2,1-2H3,(H,29,33)(H,30,34). The highest BCUT2D eigenvalue weighted by Crippen LogP contribution is 2.21. The molecule has 0 radical (unpaired) electrons. The first-order valence-electron chi connectivity index (χ1n) is 11.2. The molecule has 0 spiro atoms. The van der Waals surface area contributed by atoms with E-state index in [-0.39, 0.29) is 35.2 Å². The van der Waals surface area contributed by atoms with Crippen LogP contribution in [0.15, 0.2) is 88.6 Å². The zero-order valence-electron chi connectivity index (χ0n) is 19.8. The number of carbonyl (C=O) groups excluding carboxylic acids is 2. The molecule has 4 rings (SSSR count). The van der Waals surface area contributed by atoms with E-state index in [1.165, 1.54) is 16.4 Å². The Labute approximate surface area is 218 Å². The Balaban J connectivity index is 1.32. The molecule has 1 heterocycles. The summed E-state index contributed by atoms with van der Waals surface area (Å²) in [6.45, 7) is 1.80. The second-order valence-electron chi connectivity index (χ2n) is 8.15. The van der Waals surface area contributed by atoms with Gasteiger partial charge in [-0.05, 0) is 61.0 Å². The number of halogens is 1. The average Bonchev–Trinajstić information content (AvgIpc) is 3.08. The van der Waals surface area contributed by atoms with Crippen LogP contribution in [-0.4, -0.2) is 26.9 Å². The highest BCUT2D eigenvalue weighted by atomic mass is 35.5. The van der Waals surface area contributed by atoms with Crippen molar-refractivity contribution in [1.82, 2.24) is 9.36 Å². The van der Waals surface area contributed by atoms with Crippen LogP contribution in [0.3, 0.4) is 0 Å². The van der Waals surface area contributed by atoms with Gasteiger partial charge in [0.1, 0.15) is 5.69 Å². The van der Waals surface area contributed by atoms with E-state index in [9.17, 15) is 14.4 Å². The van der Waals surface area contributed by atoms with Crippen LogP contribution in [0.4, 0.5) is 11.4 Å². The van der Waals surface area contributed by atoms with E-state index in [1.54, 1.807) is 42.9 Å². The molecule has 7 nitrogen and oxygen atoms in total. The van der Waals surface area contributed by atoms with Gasteiger partial charge in [0.25, 0.3) is 5.56 Å². The minimum Gasteiger partial charge on any atom is -0.326 e. The van der Waals surface area contributed by atoms with Crippen LogP contribution in [0.2, 0.25) is 5.02 Å². The molecule has 0 aliphatic heterocycles. The van der Waals surface area contributed by atoms with Gasteiger partial charge in [-0.15, -0.1) is 11.8 Å². The SMILES string of the molecule is Cc1c(NC(=O)CSc2ccc(NC(=O)Cc3ccc(Cl)cc3)cc2)c(=O)n(-c2ccccc2)n1C. The van der Waals surface area contributed by atoms with Crippen LogP contribution >= 0.6 is 23.4 Å². The van der Waals surface area contributed by atoms with Gasteiger partial charge < -0.3 is 10.6 Å². The second kappa shape index (κ2) is 11.3. The second-order valence-corrected chi connectivity index (χ2v) is 9.63.